The van der Waals surface area contributed by atoms with Gasteiger partial charge in [-0.15, -0.1) is 0 Å². The summed E-state index contributed by atoms with van der Waals surface area (Å²) in [5.41, 5.74) is -0.423. The summed E-state index contributed by atoms with van der Waals surface area (Å²) in [6, 6.07) is 5.87. The normalized spacial score (nSPS) is 14.3. The Kier molecular flexibility index (Phi) is 6.78. The average Bonchev–Trinajstić information content (AvgIpc) is 2.72. The standard InChI is InChI=1S/C19H17ClF3N3O4/c20-16-4-1-12(10-24-16)18(28)30-11-17(27)25-14-9-13(19(21,22)23)2-3-15(14)26-5-7-29-8-6-26/h1-4,9-10H,5-8,11H2,(H,25,27). The van der Waals surface area contributed by atoms with E-state index in [2.05, 4.69) is 10.3 Å². The summed E-state index contributed by atoms with van der Waals surface area (Å²) in [5.74, 6) is -1.59. The predicted molar refractivity (Wildman–Crippen MR) is 103 cm³/mol. The van der Waals surface area contributed by atoms with Crippen LogP contribution in [0, 0.1) is 0 Å². The quantitative estimate of drug-likeness (QED) is 0.563. The van der Waals surface area contributed by atoms with E-state index in [1.807, 2.05) is 4.90 Å². The number of benzene rings is 1. The summed E-state index contributed by atoms with van der Waals surface area (Å²) in [5, 5.41) is 2.59. The first-order valence-corrected chi connectivity index (χ1v) is 9.24. The number of morpholine rings is 1. The van der Waals surface area contributed by atoms with Crippen molar-refractivity contribution in [3.8, 4) is 0 Å². The number of ether oxygens (including phenoxy) is 2. The fraction of sp³-hybridized carbons (Fsp3) is 0.316. The van der Waals surface area contributed by atoms with Gasteiger partial charge in [0.2, 0.25) is 0 Å². The van der Waals surface area contributed by atoms with E-state index in [0.717, 1.165) is 12.1 Å². The molecule has 7 nitrogen and oxygen atoms in total. The van der Waals surface area contributed by atoms with Crippen molar-refractivity contribution in [3.05, 3.63) is 52.8 Å². The second-order valence-corrected chi connectivity index (χ2v) is 6.71. The number of nitrogens with one attached hydrogen (secondary N) is 1. The molecular weight excluding hydrogens is 427 g/mol. The molecule has 2 aromatic rings. The number of anilines is 2. The summed E-state index contributed by atoms with van der Waals surface area (Å²) >= 11 is 5.64. The lowest BCUT2D eigenvalue weighted by molar-refractivity contribution is -0.137. The van der Waals surface area contributed by atoms with E-state index < -0.39 is 30.2 Å². The highest BCUT2D eigenvalue weighted by Gasteiger charge is 2.32. The Morgan fingerprint density at radius 2 is 1.93 bits per heavy atom. The van der Waals surface area contributed by atoms with E-state index in [1.54, 1.807) is 0 Å². The van der Waals surface area contributed by atoms with Crippen LogP contribution in [0.5, 0.6) is 0 Å². The zero-order valence-electron chi connectivity index (χ0n) is 15.5. The van der Waals surface area contributed by atoms with Crippen molar-refractivity contribution in [3.63, 3.8) is 0 Å². The van der Waals surface area contributed by atoms with Crippen molar-refractivity contribution >= 4 is 34.9 Å². The highest BCUT2D eigenvalue weighted by Crippen LogP contribution is 2.35. The molecule has 1 aliphatic heterocycles. The molecule has 0 aliphatic carbocycles. The van der Waals surface area contributed by atoms with Crippen molar-refractivity contribution in [1.29, 1.82) is 0 Å². The van der Waals surface area contributed by atoms with Crippen LogP contribution in [0.15, 0.2) is 36.5 Å². The molecular formula is C19H17ClF3N3O4. The molecule has 1 aromatic heterocycles. The first-order chi connectivity index (χ1) is 14.2. The maximum absolute atomic E-state index is 13.1. The van der Waals surface area contributed by atoms with Crippen LogP contribution in [0.2, 0.25) is 5.15 Å². The minimum absolute atomic E-state index is 0.0269. The third-order valence-electron chi connectivity index (χ3n) is 4.25. The number of alkyl halides is 3. The van der Waals surface area contributed by atoms with Crippen LogP contribution in [0.4, 0.5) is 24.5 Å². The molecule has 1 aromatic carbocycles. The predicted octanol–water partition coefficient (Wildman–Crippen LogP) is 3.39. The lowest BCUT2D eigenvalue weighted by Gasteiger charge is -2.31. The Morgan fingerprint density at radius 1 is 1.20 bits per heavy atom. The highest BCUT2D eigenvalue weighted by atomic mass is 35.5. The average molecular weight is 444 g/mol. The van der Waals surface area contributed by atoms with E-state index in [1.165, 1.54) is 24.4 Å². The Labute approximate surface area is 174 Å². The minimum Gasteiger partial charge on any atom is -0.452 e. The zero-order chi connectivity index (χ0) is 21.7. The highest BCUT2D eigenvalue weighted by molar-refractivity contribution is 6.29. The number of amides is 1. The number of aromatic nitrogens is 1. The van der Waals surface area contributed by atoms with Gasteiger partial charge in [0.15, 0.2) is 6.61 Å². The van der Waals surface area contributed by atoms with Crippen molar-refractivity contribution in [1.82, 2.24) is 4.98 Å². The molecule has 1 saturated heterocycles. The largest absolute Gasteiger partial charge is 0.452 e. The molecule has 1 amide bonds. The van der Waals surface area contributed by atoms with Gasteiger partial charge in [-0.1, -0.05) is 11.6 Å². The lowest BCUT2D eigenvalue weighted by atomic mass is 10.1. The molecule has 30 heavy (non-hydrogen) atoms. The van der Waals surface area contributed by atoms with Gasteiger partial charge in [0.25, 0.3) is 5.91 Å². The number of esters is 1. The molecule has 1 aliphatic rings. The van der Waals surface area contributed by atoms with Gasteiger partial charge in [-0.05, 0) is 30.3 Å². The van der Waals surface area contributed by atoms with Crippen LogP contribution in [-0.2, 0) is 20.4 Å². The second kappa shape index (κ2) is 9.31. The van der Waals surface area contributed by atoms with E-state index in [4.69, 9.17) is 21.1 Å². The molecule has 1 fully saturated rings. The van der Waals surface area contributed by atoms with Gasteiger partial charge in [-0.2, -0.15) is 13.2 Å². The summed E-state index contributed by atoms with van der Waals surface area (Å²) in [7, 11) is 0. The molecule has 3 rings (SSSR count). The van der Waals surface area contributed by atoms with Crippen LogP contribution < -0.4 is 10.2 Å². The Morgan fingerprint density at radius 3 is 2.57 bits per heavy atom. The first-order valence-electron chi connectivity index (χ1n) is 8.86. The SMILES string of the molecule is O=C(COC(=O)c1ccc(Cl)nc1)Nc1cc(C(F)(F)F)ccc1N1CCOCC1. The van der Waals surface area contributed by atoms with Crippen LogP contribution in [-0.4, -0.2) is 49.8 Å². The molecule has 1 N–H and O–H groups in total. The van der Waals surface area contributed by atoms with Gasteiger partial charge in [0.05, 0.1) is 35.7 Å². The number of hydrogen-bond acceptors (Lipinski definition) is 6. The van der Waals surface area contributed by atoms with Gasteiger partial charge in [-0.25, -0.2) is 9.78 Å². The maximum atomic E-state index is 13.1. The van der Waals surface area contributed by atoms with Gasteiger partial charge >= 0.3 is 12.1 Å². The van der Waals surface area contributed by atoms with Gasteiger partial charge in [-0.3, -0.25) is 4.79 Å². The number of rotatable bonds is 5. The lowest BCUT2D eigenvalue weighted by Crippen LogP contribution is -2.37. The van der Waals surface area contributed by atoms with Crippen LogP contribution in [0.25, 0.3) is 0 Å². The summed E-state index contributed by atoms with van der Waals surface area (Å²) in [6.07, 6.45) is -3.39. The van der Waals surface area contributed by atoms with E-state index in [0.29, 0.717) is 32.0 Å². The Hall–Kier alpha value is -2.85. The fourth-order valence-electron chi connectivity index (χ4n) is 2.79. The number of halogens is 4. The number of hydrogen-bond donors (Lipinski definition) is 1. The maximum Gasteiger partial charge on any atom is 0.416 e. The van der Waals surface area contributed by atoms with E-state index >= 15 is 0 Å². The third-order valence-corrected chi connectivity index (χ3v) is 4.47. The minimum atomic E-state index is -4.57. The molecule has 160 valence electrons. The molecule has 11 heteroatoms. The van der Waals surface area contributed by atoms with E-state index in [-0.39, 0.29) is 16.4 Å². The Bertz CT molecular complexity index is 916. The summed E-state index contributed by atoms with van der Waals surface area (Å²) in [6.45, 7) is 1.09. The smallest absolute Gasteiger partial charge is 0.416 e. The number of pyridine rings is 1. The fourth-order valence-corrected chi connectivity index (χ4v) is 2.90. The monoisotopic (exact) mass is 443 g/mol. The van der Waals surface area contributed by atoms with Crippen molar-refractivity contribution in [2.75, 3.05) is 43.1 Å². The summed E-state index contributed by atoms with van der Waals surface area (Å²) in [4.78, 5) is 29.7. The zero-order valence-corrected chi connectivity index (χ0v) is 16.3. The molecule has 0 saturated carbocycles. The van der Waals surface area contributed by atoms with Crippen molar-refractivity contribution < 1.29 is 32.2 Å². The second-order valence-electron chi connectivity index (χ2n) is 6.32. The topological polar surface area (TPSA) is 80.8 Å². The molecule has 0 radical (unpaired) electrons. The van der Waals surface area contributed by atoms with Crippen LogP contribution in [0.1, 0.15) is 15.9 Å². The Balaban J connectivity index is 1.71. The number of carbonyl (C=O) groups excluding carboxylic acids is 2. The third kappa shape index (κ3) is 5.61. The molecule has 0 spiro atoms. The van der Waals surface area contributed by atoms with Gasteiger partial charge < -0.3 is 19.7 Å². The molecule has 0 atom stereocenters. The van der Waals surface area contributed by atoms with Crippen molar-refractivity contribution in [2.45, 2.75) is 6.18 Å². The molecule has 0 bridgehead atoms. The van der Waals surface area contributed by atoms with Gasteiger partial charge in [0.1, 0.15) is 5.15 Å². The summed E-state index contributed by atoms with van der Waals surface area (Å²) < 4.78 is 49.5. The van der Waals surface area contributed by atoms with Crippen LogP contribution in [0.3, 0.4) is 0 Å². The first kappa shape index (κ1) is 21.8. The molecule has 0 unspecified atom stereocenters. The van der Waals surface area contributed by atoms with E-state index in [9.17, 15) is 22.8 Å². The van der Waals surface area contributed by atoms with Crippen molar-refractivity contribution in [2.24, 2.45) is 0 Å². The van der Waals surface area contributed by atoms with Crippen LogP contribution >= 0.6 is 11.6 Å². The number of nitrogens with zero attached hydrogens (tertiary/aromatic N) is 2. The van der Waals surface area contributed by atoms with Gasteiger partial charge in [0, 0.05) is 19.3 Å². The number of carbonyl (C=O) groups is 2. The molecule has 2 heterocycles.